The number of rotatable bonds is 6. The molecule has 0 radical (unpaired) electrons. The van der Waals surface area contributed by atoms with E-state index in [0.29, 0.717) is 18.0 Å². The van der Waals surface area contributed by atoms with Crippen molar-refractivity contribution in [3.63, 3.8) is 0 Å². The Labute approximate surface area is 126 Å². The Kier molecular flexibility index (Phi) is 5.53. The van der Waals surface area contributed by atoms with Gasteiger partial charge in [-0.15, -0.1) is 0 Å². The topological polar surface area (TPSA) is 64.0 Å². The van der Waals surface area contributed by atoms with Crippen molar-refractivity contribution >= 4 is 12.2 Å². The molecule has 1 N–H and O–H groups in total. The van der Waals surface area contributed by atoms with Gasteiger partial charge >= 0.3 is 0 Å². The van der Waals surface area contributed by atoms with Crippen LogP contribution in [-0.4, -0.2) is 28.0 Å². The van der Waals surface area contributed by atoms with Crippen molar-refractivity contribution in [2.75, 3.05) is 0 Å². The quantitative estimate of drug-likeness (QED) is 0.819. The molecule has 1 amide bonds. The molecule has 21 heavy (non-hydrogen) atoms. The first-order chi connectivity index (χ1) is 10.1. The van der Waals surface area contributed by atoms with E-state index in [1.54, 1.807) is 12.3 Å². The Bertz CT molecular complexity index is 476. The third-order valence-electron chi connectivity index (χ3n) is 4.67. The summed E-state index contributed by atoms with van der Waals surface area (Å²) in [6.07, 6.45) is 8.13. The van der Waals surface area contributed by atoms with E-state index in [0.717, 1.165) is 24.7 Å². The average Bonchev–Trinajstić information content (AvgIpc) is 2.94. The smallest absolute Gasteiger partial charge is 0.241 e. The van der Waals surface area contributed by atoms with E-state index in [4.69, 9.17) is 0 Å². The van der Waals surface area contributed by atoms with Crippen molar-refractivity contribution < 1.29 is 9.59 Å². The van der Waals surface area contributed by atoms with E-state index in [9.17, 15) is 9.59 Å². The Hall–Kier alpha value is -1.65. The molecule has 0 aliphatic heterocycles. The predicted octanol–water partition coefficient (Wildman–Crippen LogP) is 2.42. The Balaban J connectivity index is 1.75. The van der Waals surface area contributed by atoms with Gasteiger partial charge < -0.3 is 5.32 Å². The van der Waals surface area contributed by atoms with E-state index in [-0.39, 0.29) is 12.5 Å². The molecular formula is C16H25N3O2. The van der Waals surface area contributed by atoms with E-state index < -0.39 is 0 Å². The summed E-state index contributed by atoms with van der Waals surface area (Å²) >= 11 is 0. The lowest BCUT2D eigenvalue weighted by atomic mass is 9.78. The second kappa shape index (κ2) is 7.38. The van der Waals surface area contributed by atoms with Crippen LogP contribution in [0.25, 0.3) is 0 Å². The van der Waals surface area contributed by atoms with Crippen LogP contribution in [-0.2, 0) is 11.3 Å². The van der Waals surface area contributed by atoms with Gasteiger partial charge in [0.25, 0.3) is 0 Å². The minimum Gasteiger partial charge on any atom is -0.352 e. The molecule has 1 heterocycles. The Morgan fingerprint density at radius 1 is 1.48 bits per heavy atom. The van der Waals surface area contributed by atoms with Crippen LogP contribution in [0.1, 0.15) is 56.4 Å². The Morgan fingerprint density at radius 3 is 2.76 bits per heavy atom. The second-order valence-electron chi connectivity index (χ2n) is 6.12. The van der Waals surface area contributed by atoms with Crippen LogP contribution in [0.15, 0.2) is 12.3 Å². The number of hydrogen-bond acceptors (Lipinski definition) is 3. The zero-order chi connectivity index (χ0) is 15.2. The van der Waals surface area contributed by atoms with Gasteiger partial charge in [-0.25, -0.2) is 0 Å². The molecule has 1 aliphatic rings. The van der Waals surface area contributed by atoms with E-state index in [1.807, 2.05) is 0 Å². The molecule has 0 spiro atoms. The van der Waals surface area contributed by atoms with Gasteiger partial charge in [0, 0.05) is 12.2 Å². The maximum atomic E-state index is 12.0. The summed E-state index contributed by atoms with van der Waals surface area (Å²) in [5.41, 5.74) is 0.358. The van der Waals surface area contributed by atoms with E-state index in [1.165, 1.54) is 23.9 Å². The minimum atomic E-state index is -0.0254. The molecule has 2 rings (SSSR count). The molecule has 1 aromatic heterocycles. The first-order valence-corrected chi connectivity index (χ1v) is 7.90. The number of carbonyl (C=O) groups excluding carboxylic acids is 2. The van der Waals surface area contributed by atoms with Gasteiger partial charge in [-0.3, -0.25) is 14.3 Å². The summed E-state index contributed by atoms with van der Waals surface area (Å²) in [6, 6.07) is 1.90. The van der Waals surface area contributed by atoms with Crippen LogP contribution in [0.2, 0.25) is 0 Å². The summed E-state index contributed by atoms with van der Waals surface area (Å²) < 4.78 is 1.50. The second-order valence-corrected chi connectivity index (χ2v) is 6.12. The van der Waals surface area contributed by atoms with Crippen LogP contribution in [0.5, 0.6) is 0 Å². The number of aldehydes is 1. The summed E-state index contributed by atoms with van der Waals surface area (Å²) in [7, 11) is 0. The van der Waals surface area contributed by atoms with Gasteiger partial charge in [-0.05, 0) is 43.6 Å². The van der Waals surface area contributed by atoms with Crippen LogP contribution in [0, 0.1) is 11.8 Å². The van der Waals surface area contributed by atoms with Gasteiger partial charge in [-0.2, -0.15) is 5.10 Å². The average molecular weight is 291 g/mol. The molecule has 1 aromatic rings. The first-order valence-electron chi connectivity index (χ1n) is 7.90. The number of hydrogen-bond donors (Lipinski definition) is 1. The molecule has 5 heteroatoms. The highest BCUT2D eigenvalue weighted by Gasteiger charge is 2.25. The number of nitrogens with zero attached hydrogens (tertiary/aromatic N) is 2. The lowest BCUT2D eigenvalue weighted by Crippen LogP contribution is -2.40. The summed E-state index contributed by atoms with van der Waals surface area (Å²) in [5, 5.41) is 7.08. The fourth-order valence-electron chi connectivity index (χ4n) is 3.11. The van der Waals surface area contributed by atoms with Gasteiger partial charge in [0.15, 0.2) is 6.29 Å². The summed E-state index contributed by atoms with van der Waals surface area (Å²) in [5.74, 6) is 1.57. The monoisotopic (exact) mass is 291 g/mol. The summed E-state index contributed by atoms with van der Waals surface area (Å²) in [4.78, 5) is 22.5. The van der Waals surface area contributed by atoms with Crippen molar-refractivity contribution in [2.45, 2.75) is 58.5 Å². The normalized spacial score (nSPS) is 23.5. The number of carbonyl (C=O) groups is 2. The molecule has 116 valence electrons. The molecule has 1 saturated carbocycles. The Morgan fingerprint density at radius 2 is 2.19 bits per heavy atom. The van der Waals surface area contributed by atoms with Crippen LogP contribution in [0.4, 0.5) is 0 Å². The maximum Gasteiger partial charge on any atom is 0.241 e. The fraction of sp³-hybridized carbons (Fsp3) is 0.688. The number of nitrogens with one attached hydrogen (secondary N) is 1. The molecule has 1 aliphatic carbocycles. The lowest BCUT2D eigenvalue weighted by molar-refractivity contribution is -0.122. The lowest BCUT2D eigenvalue weighted by Gasteiger charge is -2.32. The number of amides is 1. The molecule has 0 bridgehead atoms. The third-order valence-corrected chi connectivity index (χ3v) is 4.67. The predicted molar refractivity (Wildman–Crippen MR) is 81.0 cm³/mol. The standard InChI is InChI=1S/C16H25N3O2/c1-3-12(2)13-4-6-14(7-5-13)17-16(21)10-19-9-8-15(11-20)18-19/h8-9,11-14H,3-7,10H2,1-2H3,(H,17,21). The zero-order valence-electron chi connectivity index (χ0n) is 12.9. The highest BCUT2D eigenvalue weighted by atomic mass is 16.2. The van der Waals surface area contributed by atoms with E-state index in [2.05, 4.69) is 24.3 Å². The van der Waals surface area contributed by atoms with Gasteiger partial charge in [0.2, 0.25) is 5.91 Å². The first kappa shape index (κ1) is 15.7. The van der Waals surface area contributed by atoms with Gasteiger partial charge in [0.1, 0.15) is 12.2 Å². The van der Waals surface area contributed by atoms with Gasteiger partial charge in [0.05, 0.1) is 0 Å². The van der Waals surface area contributed by atoms with Crippen molar-refractivity contribution in [2.24, 2.45) is 11.8 Å². The van der Waals surface area contributed by atoms with Crippen molar-refractivity contribution in [1.29, 1.82) is 0 Å². The molecule has 0 aromatic carbocycles. The van der Waals surface area contributed by atoms with Crippen LogP contribution < -0.4 is 5.32 Å². The molecule has 0 saturated heterocycles. The minimum absolute atomic E-state index is 0.0254. The molecule has 5 nitrogen and oxygen atoms in total. The maximum absolute atomic E-state index is 12.0. The highest BCUT2D eigenvalue weighted by Crippen LogP contribution is 2.31. The summed E-state index contributed by atoms with van der Waals surface area (Å²) in [6.45, 7) is 4.75. The molecule has 1 atom stereocenters. The van der Waals surface area contributed by atoms with Crippen molar-refractivity contribution in [3.05, 3.63) is 18.0 Å². The van der Waals surface area contributed by atoms with E-state index >= 15 is 0 Å². The number of aromatic nitrogens is 2. The molecule has 1 unspecified atom stereocenters. The zero-order valence-corrected chi connectivity index (χ0v) is 12.9. The third kappa shape index (κ3) is 4.41. The van der Waals surface area contributed by atoms with Crippen molar-refractivity contribution in [3.8, 4) is 0 Å². The van der Waals surface area contributed by atoms with Crippen LogP contribution in [0.3, 0.4) is 0 Å². The largest absolute Gasteiger partial charge is 0.352 e. The van der Waals surface area contributed by atoms with Crippen molar-refractivity contribution in [1.82, 2.24) is 15.1 Å². The fourth-order valence-corrected chi connectivity index (χ4v) is 3.11. The highest BCUT2D eigenvalue weighted by molar-refractivity contribution is 5.76. The van der Waals surface area contributed by atoms with Crippen LogP contribution >= 0.6 is 0 Å². The van der Waals surface area contributed by atoms with Gasteiger partial charge in [-0.1, -0.05) is 20.3 Å². The molecular weight excluding hydrogens is 266 g/mol. The molecule has 1 fully saturated rings. The SMILES string of the molecule is CCC(C)C1CCC(NC(=O)Cn2ccc(C=O)n2)CC1.